The third-order valence-corrected chi connectivity index (χ3v) is 11.1. The van der Waals surface area contributed by atoms with E-state index in [0.29, 0.717) is 42.4 Å². The van der Waals surface area contributed by atoms with Crippen molar-refractivity contribution in [2.24, 2.45) is 5.41 Å². The lowest BCUT2D eigenvalue weighted by Crippen LogP contribution is -2.49. The zero-order valence-electron chi connectivity index (χ0n) is 25.3. The van der Waals surface area contributed by atoms with Crippen LogP contribution in [0.5, 0.6) is 0 Å². The van der Waals surface area contributed by atoms with Crippen LogP contribution in [0.1, 0.15) is 114 Å². The molecule has 1 aliphatic heterocycles. The summed E-state index contributed by atoms with van der Waals surface area (Å²) in [7, 11) is 0. The van der Waals surface area contributed by atoms with Crippen molar-refractivity contribution in [3.05, 3.63) is 41.2 Å². The Morgan fingerprint density at radius 3 is 2.21 bits per heavy atom. The number of likely N-dealkylation sites (tertiary alicyclic amines) is 1. The van der Waals surface area contributed by atoms with E-state index in [4.69, 9.17) is 0 Å². The number of aliphatic hydroxyl groups excluding tert-OH is 1. The quantitative estimate of drug-likeness (QED) is 0.343. The molecule has 2 heterocycles. The summed E-state index contributed by atoms with van der Waals surface area (Å²) in [5, 5.41) is 13.6. The normalized spacial score (nSPS) is 24.5. The topological polar surface area (TPSA) is 61.3 Å². The number of nitrogens with one attached hydrogen (secondary N) is 1. The van der Waals surface area contributed by atoms with Gasteiger partial charge >= 0.3 is 6.18 Å². The third-order valence-electron chi connectivity index (χ3n) is 9.86. The van der Waals surface area contributed by atoms with Gasteiger partial charge < -0.3 is 15.3 Å². The summed E-state index contributed by atoms with van der Waals surface area (Å²) in [4.78, 5) is 12.2. The maximum Gasteiger partial charge on any atom is 0.419 e. The van der Waals surface area contributed by atoms with Gasteiger partial charge in [-0.3, -0.25) is 0 Å². The first-order valence-corrected chi connectivity index (χ1v) is 16.8. The number of hydrogen-bond acceptors (Lipinski definition) is 6. The molecule has 6 rings (SSSR count). The highest BCUT2D eigenvalue weighted by Gasteiger charge is 2.46. The highest BCUT2D eigenvalue weighted by atomic mass is 32.2. The molecule has 4 fully saturated rings. The second kappa shape index (κ2) is 13.4. The van der Waals surface area contributed by atoms with Gasteiger partial charge in [-0.15, -0.1) is 11.8 Å². The Kier molecular flexibility index (Phi) is 10.1. The van der Waals surface area contributed by atoms with Crippen LogP contribution in [0.2, 0.25) is 0 Å². The van der Waals surface area contributed by atoms with Crippen LogP contribution in [0.3, 0.4) is 0 Å². The van der Waals surface area contributed by atoms with E-state index in [2.05, 4.69) is 46.2 Å². The van der Waals surface area contributed by atoms with Gasteiger partial charge in [0.1, 0.15) is 0 Å². The van der Waals surface area contributed by atoms with Crippen LogP contribution in [-0.2, 0) is 6.18 Å². The van der Waals surface area contributed by atoms with Gasteiger partial charge in [0.25, 0.3) is 0 Å². The monoisotopic (exact) mass is 604 g/mol. The summed E-state index contributed by atoms with van der Waals surface area (Å²) in [6.45, 7) is 8.99. The van der Waals surface area contributed by atoms with E-state index in [0.717, 1.165) is 17.4 Å². The van der Waals surface area contributed by atoms with Crippen molar-refractivity contribution in [1.29, 1.82) is 0 Å². The van der Waals surface area contributed by atoms with Crippen LogP contribution in [0.15, 0.2) is 29.3 Å². The van der Waals surface area contributed by atoms with Crippen molar-refractivity contribution in [3.8, 4) is 0 Å². The smallest absolute Gasteiger partial charge is 0.393 e. The largest absolute Gasteiger partial charge is 0.419 e. The second-order valence-electron chi connectivity index (χ2n) is 13.3. The molecule has 5 nitrogen and oxygen atoms in total. The molecular formula is C33H47F3N4OS. The third kappa shape index (κ3) is 7.81. The molecular weight excluding hydrogens is 557 g/mol. The molecule has 4 aliphatic rings. The van der Waals surface area contributed by atoms with E-state index in [-0.39, 0.29) is 17.6 Å². The fraction of sp³-hybridized carbons (Fsp3) is 0.697. The van der Waals surface area contributed by atoms with E-state index in [9.17, 15) is 18.3 Å². The maximum atomic E-state index is 13.7. The first kappa shape index (κ1) is 31.6. The molecule has 9 heteroatoms. The van der Waals surface area contributed by atoms with Gasteiger partial charge in [-0.2, -0.15) is 13.2 Å². The number of halogens is 3. The number of rotatable bonds is 6. The Balaban J connectivity index is 0.000000813. The minimum Gasteiger partial charge on any atom is -0.393 e. The van der Waals surface area contributed by atoms with Crippen molar-refractivity contribution in [2.45, 2.75) is 132 Å². The summed E-state index contributed by atoms with van der Waals surface area (Å²) >= 11 is 1.94. The minimum absolute atomic E-state index is 0.0323. The predicted molar refractivity (Wildman–Crippen MR) is 164 cm³/mol. The Bertz CT molecular complexity index is 1170. The Morgan fingerprint density at radius 1 is 1.02 bits per heavy atom. The summed E-state index contributed by atoms with van der Waals surface area (Å²) in [5.74, 6) is -0.155. The van der Waals surface area contributed by atoms with Crippen molar-refractivity contribution in [3.63, 3.8) is 0 Å². The summed E-state index contributed by atoms with van der Waals surface area (Å²) in [5.41, 5.74) is 1.60. The molecule has 42 heavy (non-hydrogen) atoms. The predicted octanol–water partition coefficient (Wildman–Crippen LogP) is 8.87. The zero-order chi connectivity index (χ0) is 29.9. The fourth-order valence-corrected chi connectivity index (χ4v) is 8.31. The van der Waals surface area contributed by atoms with Crippen molar-refractivity contribution < 1.29 is 18.3 Å². The lowest BCUT2D eigenvalue weighted by Gasteiger charge is -2.52. The second-order valence-corrected chi connectivity index (χ2v) is 14.7. The van der Waals surface area contributed by atoms with Crippen LogP contribution in [0.25, 0.3) is 0 Å². The van der Waals surface area contributed by atoms with Gasteiger partial charge in [0, 0.05) is 34.0 Å². The number of aryl methyl sites for hydroxylation is 1. The van der Waals surface area contributed by atoms with Crippen LogP contribution in [-0.4, -0.2) is 50.5 Å². The number of benzene rings is 1. The molecule has 0 unspecified atom stereocenters. The van der Waals surface area contributed by atoms with Gasteiger partial charge in [-0.25, -0.2) is 9.97 Å². The average Bonchev–Trinajstić information content (AvgIpc) is 2.88. The molecule has 1 spiro atoms. The molecule has 0 amide bonds. The highest BCUT2D eigenvalue weighted by molar-refractivity contribution is 8.00. The van der Waals surface area contributed by atoms with Crippen LogP contribution >= 0.6 is 11.8 Å². The summed E-state index contributed by atoms with van der Waals surface area (Å²) < 4.78 is 41.1. The molecule has 2 N–H and O–H groups in total. The number of piperidine rings is 1. The van der Waals surface area contributed by atoms with E-state index in [1.165, 1.54) is 69.4 Å². The number of aromatic nitrogens is 2. The SMILES string of the molecule is C1CCC1.Cc1cc(SC2CC3(CCN(C(C)C)CC3)C2)ccc1Nc1ncc(C(F)(F)F)c(C2CCC(O)CC2)n1. The lowest BCUT2D eigenvalue weighted by molar-refractivity contribution is -0.139. The maximum absolute atomic E-state index is 13.7. The number of anilines is 2. The van der Waals surface area contributed by atoms with E-state index in [1.807, 2.05) is 24.8 Å². The number of hydrogen-bond donors (Lipinski definition) is 2. The van der Waals surface area contributed by atoms with Crippen LogP contribution < -0.4 is 5.32 Å². The summed E-state index contributed by atoms with van der Waals surface area (Å²) in [6.07, 6.45) is 9.08. The number of aliphatic hydroxyl groups is 1. The Morgan fingerprint density at radius 2 is 1.67 bits per heavy atom. The van der Waals surface area contributed by atoms with Gasteiger partial charge in [-0.1, -0.05) is 25.7 Å². The standard InChI is InChI=1S/C29H39F3N4OS.C4H8/c1-18(2)36-12-10-28(11-13-36)15-23(16-28)38-22-8-9-25(19(3)14-22)34-27-33-17-24(29(30,31)32)26(35-27)20-4-6-21(37)7-5-20;1-2-4-3-1/h8-9,14,17-18,20-21,23,37H,4-7,10-13,15-16H2,1-3H3,(H,33,34,35);1-4H2. The van der Waals surface area contributed by atoms with Crippen molar-refractivity contribution >= 4 is 23.4 Å². The van der Waals surface area contributed by atoms with E-state index < -0.39 is 17.8 Å². The number of alkyl halides is 3. The first-order valence-electron chi connectivity index (χ1n) is 15.9. The summed E-state index contributed by atoms with van der Waals surface area (Å²) in [6, 6.07) is 6.84. The highest BCUT2D eigenvalue weighted by Crippen LogP contribution is 2.55. The minimum atomic E-state index is -4.51. The molecule has 1 aromatic heterocycles. The number of nitrogens with zero attached hydrogens (tertiary/aromatic N) is 3. The molecule has 3 saturated carbocycles. The van der Waals surface area contributed by atoms with Crippen LogP contribution in [0, 0.1) is 12.3 Å². The van der Waals surface area contributed by atoms with Crippen molar-refractivity contribution in [2.75, 3.05) is 18.4 Å². The zero-order valence-corrected chi connectivity index (χ0v) is 26.2. The van der Waals surface area contributed by atoms with Crippen molar-refractivity contribution in [1.82, 2.24) is 14.9 Å². The van der Waals surface area contributed by atoms with E-state index in [1.54, 1.807) is 0 Å². The Labute approximate surface area is 253 Å². The van der Waals surface area contributed by atoms with Crippen LogP contribution in [0.4, 0.5) is 24.8 Å². The first-order chi connectivity index (χ1) is 20.0. The molecule has 0 bridgehead atoms. The van der Waals surface area contributed by atoms with Gasteiger partial charge in [-0.05, 0) is 114 Å². The Hall–Kier alpha value is -1.84. The van der Waals surface area contributed by atoms with Gasteiger partial charge in [0.15, 0.2) is 0 Å². The van der Waals surface area contributed by atoms with Gasteiger partial charge in [0.05, 0.1) is 17.4 Å². The fourth-order valence-electron chi connectivity index (χ4n) is 6.66. The molecule has 1 aromatic carbocycles. The molecule has 0 atom stereocenters. The molecule has 232 valence electrons. The molecule has 3 aliphatic carbocycles. The molecule has 2 aromatic rings. The average molecular weight is 605 g/mol. The lowest BCUT2D eigenvalue weighted by atomic mass is 9.63. The number of thioether (sulfide) groups is 1. The molecule has 0 radical (unpaired) electrons. The molecule has 1 saturated heterocycles. The van der Waals surface area contributed by atoms with E-state index >= 15 is 0 Å². The van der Waals surface area contributed by atoms with Gasteiger partial charge in [0.2, 0.25) is 5.95 Å².